The van der Waals surface area contributed by atoms with E-state index in [0.29, 0.717) is 37.3 Å². The van der Waals surface area contributed by atoms with Crippen LogP contribution >= 0.6 is 15.9 Å². The first-order chi connectivity index (χ1) is 17.1. The van der Waals surface area contributed by atoms with E-state index in [2.05, 4.69) is 33.0 Å². The number of nitrogens with zero attached hydrogens (tertiary/aromatic N) is 2. The third-order valence-electron chi connectivity index (χ3n) is 5.42. The van der Waals surface area contributed by atoms with Crippen LogP contribution < -0.4 is 5.32 Å². The largest absolute Gasteiger partial charge is 0.377 e. The second-order valence-corrected chi connectivity index (χ2v) is 8.52. The van der Waals surface area contributed by atoms with Gasteiger partial charge in [-0.15, -0.1) is 0 Å². The molecule has 0 aliphatic carbocycles. The van der Waals surface area contributed by atoms with E-state index >= 15 is 0 Å². The van der Waals surface area contributed by atoms with E-state index in [9.17, 15) is 9.59 Å². The minimum absolute atomic E-state index is 0.225. The molecule has 2 N–H and O–H groups in total. The molecular weight excluding hydrogens is 506 g/mol. The minimum Gasteiger partial charge on any atom is -0.377 e. The molecule has 0 radical (unpaired) electrons. The number of pyridine rings is 1. The van der Waals surface area contributed by atoms with E-state index < -0.39 is 0 Å². The Bertz CT molecular complexity index is 1220. The monoisotopic (exact) mass is 536 g/mol. The van der Waals surface area contributed by atoms with Crippen molar-refractivity contribution in [3.05, 3.63) is 94.3 Å². The lowest BCUT2D eigenvalue weighted by Crippen LogP contribution is -2.71. The molecule has 2 amide bonds. The topological polar surface area (TPSA) is 76.1 Å². The fraction of sp³-hybridized carbons (Fsp3) is 0.250. The molecule has 7 heteroatoms. The summed E-state index contributed by atoms with van der Waals surface area (Å²) in [5, 5.41) is 4.12. The first-order valence-corrected chi connectivity index (χ1v) is 12.6. The molecular formula is C28H31BrN3O3+. The number of halogens is 1. The van der Waals surface area contributed by atoms with Gasteiger partial charge in [0.25, 0.3) is 11.8 Å². The number of carbonyl (C=O) groups is 2. The molecule has 2 heterocycles. The molecule has 0 bridgehead atoms. The molecule has 3 aromatic rings. The zero-order chi connectivity index (χ0) is 25.2. The maximum atomic E-state index is 12.4. The normalized spacial score (nSPS) is 13.1. The Kier molecular flexibility index (Phi) is 9.90. The van der Waals surface area contributed by atoms with Crippen LogP contribution in [0.2, 0.25) is 0 Å². The van der Waals surface area contributed by atoms with Crippen LogP contribution in [-0.4, -0.2) is 34.8 Å². The highest BCUT2D eigenvalue weighted by Gasteiger charge is 2.34. The zero-order valence-corrected chi connectivity index (χ0v) is 21.9. The van der Waals surface area contributed by atoms with Gasteiger partial charge in [-0.25, -0.2) is 4.98 Å². The van der Waals surface area contributed by atoms with Crippen LogP contribution in [0.25, 0.3) is 10.8 Å². The van der Waals surface area contributed by atoms with E-state index in [4.69, 9.17) is 4.74 Å². The average Bonchev–Trinajstić information content (AvgIpc) is 3.14. The van der Waals surface area contributed by atoms with Crippen molar-refractivity contribution in [1.82, 2.24) is 9.88 Å². The second kappa shape index (κ2) is 13.1. The fourth-order valence-electron chi connectivity index (χ4n) is 3.78. The van der Waals surface area contributed by atoms with E-state index in [0.717, 1.165) is 26.6 Å². The smallest absolute Gasteiger partial charge is 0.261 e. The summed E-state index contributed by atoms with van der Waals surface area (Å²) in [5.74, 6) is 0.455. The molecule has 1 aromatic heterocycles. The number of aromatic nitrogens is 1. The highest BCUT2D eigenvalue weighted by Crippen LogP contribution is 2.27. The van der Waals surface area contributed by atoms with Gasteiger partial charge in [0.15, 0.2) is 0 Å². The molecule has 1 aliphatic rings. The summed E-state index contributed by atoms with van der Waals surface area (Å²) in [6.07, 6.45) is 10.3. The number of imide groups is 1. The number of amides is 2. The van der Waals surface area contributed by atoms with Gasteiger partial charge >= 0.3 is 0 Å². The lowest BCUT2D eigenvalue weighted by atomic mass is 10.1. The van der Waals surface area contributed by atoms with Crippen LogP contribution in [0.3, 0.4) is 0 Å². The van der Waals surface area contributed by atoms with Crippen molar-refractivity contribution in [2.45, 2.75) is 33.8 Å². The first kappa shape index (κ1) is 26.5. The van der Waals surface area contributed by atoms with Crippen molar-refractivity contribution in [3.63, 3.8) is 0 Å². The number of fused-ring (bicyclic) bond motifs is 2. The quantitative estimate of drug-likeness (QED) is 0.222. The van der Waals surface area contributed by atoms with Gasteiger partial charge in [-0.2, -0.15) is 0 Å². The Morgan fingerprint density at radius 2 is 1.74 bits per heavy atom. The first-order valence-electron chi connectivity index (χ1n) is 11.8. The number of quaternary nitrogens is 1. The molecule has 182 valence electrons. The summed E-state index contributed by atoms with van der Waals surface area (Å²) in [6.45, 7) is 7.23. The molecule has 0 fully saturated rings. The summed E-state index contributed by atoms with van der Waals surface area (Å²) in [4.78, 5) is 30.7. The molecule has 0 saturated heterocycles. The van der Waals surface area contributed by atoms with Crippen LogP contribution in [0.4, 0.5) is 5.82 Å². The van der Waals surface area contributed by atoms with Crippen molar-refractivity contribution in [2.24, 2.45) is 0 Å². The molecule has 0 unspecified atom stereocenters. The van der Waals surface area contributed by atoms with Gasteiger partial charge < -0.3 is 4.74 Å². The lowest BCUT2D eigenvalue weighted by Gasteiger charge is -2.13. The zero-order valence-electron chi connectivity index (χ0n) is 20.3. The van der Waals surface area contributed by atoms with Gasteiger partial charge in [-0.05, 0) is 65.2 Å². The minimum atomic E-state index is -0.225. The van der Waals surface area contributed by atoms with E-state index in [1.54, 1.807) is 24.3 Å². The van der Waals surface area contributed by atoms with Crippen molar-refractivity contribution < 1.29 is 19.6 Å². The summed E-state index contributed by atoms with van der Waals surface area (Å²) in [5.41, 5.74) is 2.01. The Morgan fingerprint density at radius 3 is 2.43 bits per heavy atom. The maximum Gasteiger partial charge on any atom is 0.261 e. The number of carbonyl (C=O) groups excluding carboxylic acids is 2. The van der Waals surface area contributed by atoms with Gasteiger partial charge in [-0.1, -0.05) is 44.2 Å². The fourth-order valence-corrected chi connectivity index (χ4v) is 4.21. The number of allylic oxidation sites excluding steroid dienone is 3. The van der Waals surface area contributed by atoms with Gasteiger partial charge in [0.05, 0.1) is 29.3 Å². The SMILES string of the molecule is C/C=C\C=C/[NH2+]c1ncc(Br)c2cc(COCCCN3C(=O)c4ccccc4C3=O)ccc12.CC. The number of hydrogen-bond acceptors (Lipinski definition) is 4. The molecule has 6 nitrogen and oxygen atoms in total. The predicted octanol–water partition coefficient (Wildman–Crippen LogP) is 5.51. The average molecular weight is 537 g/mol. The van der Waals surface area contributed by atoms with Crippen molar-refractivity contribution >= 4 is 44.3 Å². The molecule has 0 atom stereocenters. The molecule has 0 saturated carbocycles. The van der Waals surface area contributed by atoms with Crippen LogP contribution in [0, 0.1) is 0 Å². The Labute approximate surface area is 214 Å². The standard InChI is InChI=1S/C26H24BrN3O3.C2H6/c1-2-3-6-12-28-24-19-11-10-18(15-22(19)23(27)16-29-24)17-33-14-7-13-30-25(31)20-8-4-5-9-21(20)26(30)32;1-2/h2-6,8-12,15-16H,7,13-14,17H2,1H3,(H,28,29);1-2H3/p+1/b3-2-,12-6-;. The van der Waals surface area contributed by atoms with Crippen molar-refractivity contribution in [3.8, 4) is 0 Å². The lowest BCUT2D eigenvalue weighted by molar-refractivity contribution is -0.498. The third-order valence-corrected chi connectivity index (χ3v) is 6.05. The van der Waals surface area contributed by atoms with Crippen LogP contribution in [0.1, 0.15) is 53.5 Å². The Balaban J connectivity index is 0.00000167. The van der Waals surface area contributed by atoms with Gasteiger partial charge in [0.1, 0.15) is 0 Å². The summed E-state index contributed by atoms with van der Waals surface area (Å²) >= 11 is 3.60. The number of hydrogen-bond donors (Lipinski definition) is 1. The highest BCUT2D eigenvalue weighted by atomic mass is 79.9. The van der Waals surface area contributed by atoms with Crippen LogP contribution in [-0.2, 0) is 11.3 Å². The summed E-state index contributed by atoms with van der Waals surface area (Å²) in [6, 6.07) is 13.1. The molecule has 35 heavy (non-hydrogen) atoms. The molecule has 1 aliphatic heterocycles. The number of ether oxygens (including phenoxy) is 1. The van der Waals surface area contributed by atoms with Gasteiger partial charge in [0, 0.05) is 29.2 Å². The van der Waals surface area contributed by atoms with E-state index in [-0.39, 0.29) is 11.8 Å². The number of nitrogens with two attached hydrogens (primary N) is 1. The van der Waals surface area contributed by atoms with E-state index in [1.807, 2.05) is 62.8 Å². The molecule has 4 rings (SSSR count). The maximum absolute atomic E-state index is 12.4. The Hall–Kier alpha value is -3.13. The van der Waals surface area contributed by atoms with Gasteiger partial charge in [0.2, 0.25) is 5.82 Å². The number of benzene rings is 2. The molecule has 2 aromatic carbocycles. The third kappa shape index (κ3) is 6.31. The summed E-state index contributed by atoms with van der Waals surface area (Å²) < 4.78 is 6.76. The highest BCUT2D eigenvalue weighted by molar-refractivity contribution is 9.10. The second-order valence-electron chi connectivity index (χ2n) is 7.66. The Morgan fingerprint density at radius 1 is 1.03 bits per heavy atom. The van der Waals surface area contributed by atoms with E-state index in [1.165, 1.54) is 4.90 Å². The number of rotatable bonds is 9. The molecule has 0 spiro atoms. The van der Waals surface area contributed by atoms with Crippen molar-refractivity contribution in [1.29, 1.82) is 0 Å². The van der Waals surface area contributed by atoms with Crippen molar-refractivity contribution in [2.75, 3.05) is 13.2 Å². The van der Waals surface area contributed by atoms with Gasteiger partial charge in [-0.3, -0.25) is 19.8 Å². The summed E-state index contributed by atoms with van der Waals surface area (Å²) in [7, 11) is 0. The predicted molar refractivity (Wildman–Crippen MR) is 142 cm³/mol. The van der Waals surface area contributed by atoms with Crippen LogP contribution in [0.5, 0.6) is 0 Å². The van der Waals surface area contributed by atoms with Crippen LogP contribution in [0.15, 0.2) is 77.6 Å².